The van der Waals surface area contributed by atoms with Crippen molar-refractivity contribution in [1.82, 2.24) is 9.78 Å². The fourth-order valence-corrected chi connectivity index (χ4v) is 1.29. The molecule has 0 aliphatic carbocycles. The van der Waals surface area contributed by atoms with Crippen molar-refractivity contribution in [2.24, 2.45) is 5.73 Å². The summed E-state index contributed by atoms with van der Waals surface area (Å²) in [5.41, 5.74) is 5.93. The van der Waals surface area contributed by atoms with E-state index in [2.05, 4.69) is 5.10 Å². The first-order chi connectivity index (χ1) is 7.74. The zero-order valence-corrected chi connectivity index (χ0v) is 8.71. The van der Waals surface area contributed by atoms with Gasteiger partial charge in [0.15, 0.2) is 0 Å². The summed E-state index contributed by atoms with van der Waals surface area (Å²) in [7, 11) is 1.57. The lowest BCUT2D eigenvalue weighted by Crippen LogP contribution is -2.13. The molecule has 0 bridgehead atoms. The molecule has 6 heteroatoms. The first-order valence-corrected chi connectivity index (χ1v) is 4.68. The van der Waals surface area contributed by atoms with E-state index in [1.54, 1.807) is 31.4 Å². The average Bonchev–Trinajstić information content (AvgIpc) is 2.71. The minimum atomic E-state index is -0.550. The largest absolute Gasteiger partial charge is 0.497 e. The number of nitrogens with zero attached hydrogens (tertiary/aromatic N) is 2. The number of aromatic nitrogens is 2. The molecular formula is C10H11N3O3. The number of ether oxygens (including phenoxy) is 1. The summed E-state index contributed by atoms with van der Waals surface area (Å²) in [6.07, 6.45) is 0. The quantitative estimate of drug-likeness (QED) is 0.805. The van der Waals surface area contributed by atoms with Crippen molar-refractivity contribution in [2.75, 3.05) is 7.11 Å². The number of hydrogen-bond acceptors (Lipinski definition) is 5. The lowest BCUT2D eigenvalue weighted by Gasteiger charge is -2.00. The lowest BCUT2D eigenvalue weighted by molar-refractivity contribution is 0.414. The minimum absolute atomic E-state index is 0.0956. The molecule has 6 nitrogen and oxygen atoms in total. The summed E-state index contributed by atoms with van der Waals surface area (Å²) >= 11 is 0. The molecule has 0 fully saturated rings. The molecule has 1 heterocycles. The van der Waals surface area contributed by atoms with Crippen LogP contribution in [0.1, 0.15) is 5.89 Å². The summed E-state index contributed by atoms with van der Waals surface area (Å²) in [6.45, 7) is 0.0956. The highest BCUT2D eigenvalue weighted by Crippen LogP contribution is 2.12. The van der Waals surface area contributed by atoms with Gasteiger partial charge in [0.25, 0.3) is 0 Å². The summed E-state index contributed by atoms with van der Waals surface area (Å²) in [5, 5.41) is 3.93. The third kappa shape index (κ3) is 1.82. The van der Waals surface area contributed by atoms with Crippen LogP contribution in [0.5, 0.6) is 5.75 Å². The summed E-state index contributed by atoms with van der Waals surface area (Å²) in [5.74, 6) is 0.366. The molecule has 0 aliphatic rings. The highest BCUT2D eigenvalue weighted by molar-refractivity contribution is 5.36. The molecule has 16 heavy (non-hydrogen) atoms. The number of rotatable bonds is 3. The first kappa shape index (κ1) is 10.4. The predicted octanol–water partition coefficient (Wildman–Crippen LogP) is 0.293. The molecule has 0 aliphatic heterocycles. The third-order valence-electron chi connectivity index (χ3n) is 2.08. The van der Waals surface area contributed by atoms with E-state index >= 15 is 0 Å². The normalized spacial score (nSPS) is 10.4. The zero-order chi connectivity index (χ0) is 11.5. The van der Waals surface area contributed by atoms with E-state index in [1.165, 1.54) is 0 Å². The van der Waals surface area contributed by atoms with Crippen molar-refractivity contribution in [3.05, 3.63) is 40.7 Å². The van der Waals surface area contributed by atoms with Crippen LogP contribution in [-0.4, -0.2) is 16.9 Å². The predicted molar refractivity (Wildman–Crippen MR) is 56.5 cm³/mol. The van der Waals surface area contributed by atoms with Gasteiger partial charge in [-0.15, -0.1) is 5.10 Å². The van der Waals surface area contributed by atoms with Crippen LogP contribution in [0, 0.1) is 0 Å². The van der Waals surface area contributed by atoms with E-state index in [-0.39, 0.29) is 12.4 Å². The number of nitrogens with two attached hydrogens (primary N) is 1. The van der Waals surface area contributed by atoms with Crippen LogP contribution in [0.2, 0.25) is 0 Å². The van der Waals surface area contributed by atoms with E-state index in [0.717, 1.165) is 4.68 Å². The van der Waals surface area contributed by atoms with Crippen LogP contribution in [0.3, 0.4) is 0 Å². The van der Waals surface area contributed by atoms with Gasteiger partial charge in [-0.25, -0.2) is 4.79 Å². The Kier molecular flexibility index (Phi) is 2.74. The van der Waals surface area contributed by atoms with E-state index in [1.807, 2.05) is 0 Å². The van der Waals surface area contributed by atoms with Crippen molar-refractivity contribution in [1.29, 1.82) is 0 Å². The Morgan fingerprint density at radius 3 is 2.62 bits per heavy atom. The van der Waals surface area contributed by atoms with Crippen LogP contribution in [0.15, 0.2) is 33.5 Å². The zero-order valence-electron chi connectivity index (χ0n) is 8.71. The topological polar surface area (TPSA) is 83.3 Å². The van der Waals surface area contributed by atoms with Crippen LogP contribution in [0.25, 0.3) is 5.69 Å². The lowest BCUT2D eigenvalue weighted by atomic mass is 10.3. The maximum absolute atomic E-state index is 11.4. The highest BCUT2D eigenvalue weighted by atomic mass is 16.5. The Hall–Kier alpha value is -2.08. The Morgan fingerprint density at radius 1 is 1.44 bits per heavy atom. The summed E-state index contributed by atoms with van der Waals surface area (Å²) in [4.78, 5) is 11.4. The molecule has 0 spiro atoms. The van der Waals surface area contributed by atoms with Gasteiger partial charge < -0.3 is 14.9 Å². The van der Waals surface area contributed by atoms with Gasteiger partial charge in [0, 0.05) is 0 Å². The maximum atomic E-state index is 11.4. The van der Waals surface area contributed by atoms with Gasteiger partial charge in [-0.1, -0.05) is 0 Å². The molecule has 1 aromatic carbocycles. The van der Waals surface area contributed by atoms with Crippen molar-refractivity contribution in [3.63, 3.8) is 0 Å². The average molecular weight is 221 g/mol. The van der Waals surface area contributed by atoms with Crippen molar-refractivity contribution < 1.29 is 9.15 Å². The molecule has 0 saturated heterocycles. The molecule has 0 unspecified atom stereocenters. The van der Waals surface area contributed by atoms with Gasteiger partial charge in [-0.2, -0.15) is 4.68 Å². The van der Waals surface area contributed by atoms with Gasteiger partial charge in [0.05, 0.1) is 19.3 Å². The maximum Gasteiger partial charge on any atom is 0.442 e. The van der Waals surface area contributed by atoms with Gasteiger partial charge in [-0.3, -0.25) is 0 Å². The van der Waals surface area contributed by atoms with Crippen LogP contribution in [-0.2, 0) is 6.54 Å². The number of methoxy groups -OCH3 is 1. The van der Waals surface area contributed by atoms with Gasteiger partial charge >= 0.3 is 5.76 Å². The fraction of sp³-hybridized carbons (Fsp3) is 0.200. The Balaban J connectivity index is 2.42. The highest BCUT2D eigenvalue weighted by Gasteiger charge is 2.08. The molecular weight excluding hydrogens is 210 g/mol. The summed E-state index contributed by atoms with van der Waals surface area (Å²) in [6, 6.07) is 6.89. The van der Waals surface area contributed by atoms with E-state index < -0.39 is 5.76 Å². The minimum Gasteiger partial charge on any atom is -0.497 e. The van der Waals surface area contributed by atoms with E-state index in [4.69, 9.17) is 14.9 Å². The van der Waals surface area contributed by atoms with Crippen LogP contribution >= 0.6 is 0 Å². The molecule has 0 amide bonds. The van der Waals surface area contributed by atoms with E-state index in [9.17, 15) is 4.79 Å². The number of hydrogen-bond donors (Lipinski definition) is 1. The van der Waals surface area contributed by atoms with Gasteiger partial charge in [0.2, 0.25) is 5.89 Å². The monoisotopic (exact) mass is 221 g/mol. The SMILES string of the molecule is COc1ccc(-n2nc(CN)oc2=O)cc1. The third-order valence-corrected chi connectivity index (χ3v) is 2.08. The van der Waals surface area contributed by atoms with E-state index in [0.29, 0.717) is 11.4 Å². The van der Waals surface area contributed by atoms with Gasteiger partial charge in [0.1, 0.15) is 5.75 Å². The number of benzene rings is 1. The molecule has 1 aromatic heterocycles. The second-order valence-electron chi connectivity index (χ2n) is 3.08. The molecule has 2 N–H and O–H groups in total. The molecule has 2 rings (SSSR count). The molecule has 84 valence electrons. The van der Waals surface area contributed by atoms with Crippen molar-refractivity contribution in [2.45, 2.75) is 6.54 Å². The van der Waals surface area contributed by atoms with Gasteiger partial charge in [-0.05, 0) is 24.3 Å². The smallest absolute Gasteiger partial charge is 0.442 e. The first-order valence-electron chi connectivity index (χ1n) is 4.68. The van der Waals surface area contributed by atoms with Crippen LogP contribution < -0.4 is 16.2 Å². The Labute approximate surface area is 91.2 Å². The summed E-state index contributed by atoms with van der Waals surface area (Å²) < 4.78 is 11.0. The molecule has 0 radical (unpaired) electrons. The Bertz CT molecular complexity index is 527. The van der Waals surface area contributed by atoms with Crippen molar-refractivity contribution >= 4 is 0 Å². The second-order valence-corrected chi connectivity index (χ2v) is 3.08. The standard InChI is InChI=1S/C10H11N3O3/c1-15-8-4-2-7(3-5-8)13-10(14)16-9(6-11)12-13/h2-5H,6,11H2,1H3. The van der Waals surface area contributed by atoms with Crippen LogP contribution in [0.4, 0.5) is 0 Å². The second kappa shape index (κ2) is 4.19. The molecule has 0 atom stereocenters. The molecule has 2 aromatic rings. The molecule has 0 saturated carbocycles. The fourth-order valence-electron chi connectivity index (χ4n) is 1.29. The van der Waals surface area contributed by atoms with Crippen molar-refractivity contribution in [3.8, 4) is 11.4 Å². The Morgan fingerprint density at radius 2 is 2.12 bits per heavy atom.